The molecule has 2 saturated heterocycles. The number of piperidine rings is 1. The molecule has 1 saturated carbocycles. The normalized spacial score (nSPS) is 24.4. The zero-order valence-electron chi connectivity index (χ0n) is 18.4. The van der Waals surface area contributed by atoms with E-state index in [1.807, 2.05) is 23.1 Å². The van der Waals surface area contributed by atoms with Gasteiger partial charge in [-0.3, -0.25) is 9.69 Å². The Bertz CT molecular complexity index is 940. The summed E-state index contributed by atoms with van der Waals surface area (Å²) in [5.41, 5.74) is 3.46. The molecule has 3 heterocycles. The summed E-state index contributed by atoms with van der Waals surface area (Å²) in [6.07, 6.45) is 6.76. The smallest absolute Gasteiger partial charge is 0.253 e. The van der Waals surface area contributed by atoms with E-state index >= 15 is 0 Å². The van der Waals surface area contributed by atoms with Crippen LogP contribution in [0.25, 0.3) is 0 Å². The molecule has 2 aliphatic heterocycles. The van der Waals surface area contributed by atoms with E-state index in [0.717, 1.165) is 56.2 Å². The summed E-state index contributed by atoms with van der Waals surface area (Å²) in [6.45, 7) is 6.84. The van der Waals surface area contributed by atoms with Gasteiger partial charge in [-0.05, 0) is 81.7 Å². The Morgan fingerprint density at radius 1 is 1.17 bits per heavy atom. The summed E-state index contributed by atoms with van der Waals surface area (Å²) in [6, 6.07) is 6.26. The highest BCUT2D eigenvalue weighted by atomic mass is 16.5. The van der Waals surface area contributed by atoms with Crippen LogP contribution in [0.3, 0.4) is 0 Å². The molecule has 160 valence electrons. The van der Waals surface area contributed by atoms with Crippen LogP contribution in [0.15, 0.2) is 22.7 Å². The largest absolute Gasteiger partial charge is 0.339 e. The number of amides is 1. The zero-order chi connectivity index (χ0) is 20.9. The molecule has 1 aromatic carbocycles. The second-order valence-corrected chi connectivity index (χ2v) is 9.84. The van der Waals surface area contributed by atoms with Crippen LogP contribution in [-0.4, -0.2) is 52.5 Å². The van der Waals surface area contributed by atoms with Crippen molar-refractivity contribution in [1.82, 2.24) is 19.9 Å². The van der Waals surface area contributed by atoms with E-state index in [-0.39, 0.29) is 17.4 Å². The van der Waals surface area contributed by atoms with Crippen molar-refractivity contribution in [1.29, 1.82) is 0 Å². The van der Waals surface area contributed by atoms with Crippen LogP contribution in [0.4, 0.5) is 0 Å². The quantitative estimate of drug-likeness (QED) is 0.760. The van der Waals surface area contributed by atoms with Gasteiger partial charge in [0.2, 0.25) is 5.89 Å². The molecule has 0 bridgehead atoms. The summed E-state index contributed by atoms with van der Waals surface area (Å²) in [5, 5.41) is 4.34. The maximum absolute atomic E-state index is 13.0. The van der Waals surface area contributed by atoms with Crippen molar-refractivity contribution in [3.8, 4) is 0 Å². The monoisotopic (exact) mass is 408 g/mol. The second kappa shape index (κ2) is 7.49. The Morgan fingerprint density at radius 2 is 1.93 bits per heavy atom. The Kier molecular flexibility index (Phi) is 4.92. The zero-order valence-corrected chi connectivity index (χ0v) is 18.4. The van der Waals surface area contributed by atoms with E-state index < -0.39 is 0 Å². The van der Waals surface area contributed by atoms with Gasteiger partial charge in [-0.2, -0.15) is 4.98 Å². The number of aryl methyl sites for hydroxylation is 2. The first-order valence-electron chi connectivity index (χ1n) is 11.3. The molecular weight excluding hydrogens is 376 g/mol. The molecule has 1 unspecified atom stereocenters. The van der Waals surface area contributed by atoms with Gasteiger partial charge in [0, 0.05) is 31.1 Å². The van der Waals surface area contributed by atoms with E-state index in [2.05, 4.69) is 31.0 Å². The average Bonchev–Trinajstić information content (AvgIpc) is 3.27. The predicted octanol–water partition coefficient (Wildman–Crippen LogP) is 4.25. The Balaban J connectivity index is 1.23. The standard InChI is InChI=1S/C24H32N4O2/c1-16-7-8-19(13-17(16)2)23(29)28-11-9-24(10-12-28)14-20(27(3)15-24)21-25-22(30-26-21)18-5-4-6-18/h7-8,13,18,20H,4-6,9-12,14-15H2,1-3H3. The first-order valence-corrected chi connectivity index (χ1v) is 11.3. The van der Waals surface area contributed by atoms with Gasteiger partial charge < -0.3 is 9.42 Å². The fourth-order valence-electron chi connectivity index (χ4n) is 5.37. The SMILES string of the molecule is Cc1ccc(C(=O)N2CCC3(CC2)CC(c2noc(C4CCC4)n2)N(C)C3)cc1C. The molecule has 6 heteroatoms. The van der Waals surface area contributed by atoms with E-state index in [1.54, 1.807) is 0 Å². The third-order valence-corrected chi connectivity index (χ3v) is 7.82. The number of hydrogen-bond donors (Lipinski definition) is 0. The van der Waals surface area contributed by atoms with Gasteiger partial charge in [0.05, 0.1) is 6.04 Å². The molecule has 1 aliphatic carbocycles. The van der Waals surface area contributed by atoms with Crippen LogP contribution in [0.5, 0.6) is 0 Å². The number of carbonyl (C=O) groups excluding carboxylic acids is 1. The number of rotatable bonds is 3. The van der Waals surface area contributed by atoms with Gasteiger partial charge in [-0.15, -0.1) is 0 Å². The minimum atomic E-state index is 0.166. The van der Waals surface area contributed by atoms with Crippen molar-refractivity contribution in [3.05, 3.63) is 46.6 Å². The van der Waals surface area contributed by atoms with Crippen molar-refractivity contribution in [2.75, 3.05) is 26.7 Å². The van der Waals surface area contributed by atoms with Crippen molar-refractivity contribution < 1.29 is 9.32 Å². The van der Waals surface area contributed by atoms with Crippen molar-refractivity contribution in [3.63, 3.8) is 0 Å². The minimum absolute atomic E-state index is 0.166. The Morgan fingerprint density at radius 3 is 2.60 bits per heavy atom. The average molecular weight is 409 g/mol. The maximum atomic E-state index is 13.0. The summed E-state index contributed by atoms with van der Waals surface area (Å²) in [4.78, 5) is 22.2. The van der Waals surface area contributed by atoms with Crippen molar-refractivity contribution >= 4 is 5.91 Å². The molecule has 3 fully saturated rings. The van der Waals surface area contributed by atoms with E-state index in [4.69, 9.17) is 9.51 Å². The van der Waals surface area contributed by atoms with Crippen LogP contribution < -0.4 is 0 Å². The van der Waals surface area contributed by atoms with Crippen LogP contribution in [0, 0.1) is 19.3 Å². The summed E-state index contributed by atoms with van der Waals surface area (Å²) >= 11 is 0. The van der Waals surface area contributed by atoms with Gasteiger partial charge >= 0.3 is 0 Å². The summed E-state index contributed by atoms with van der Waals surface area (Å²) in [5.74, 6) is 2.33. The lowest BCUT2D eigenvalue weighted by Gasteiger charge is -2.39. The Hall–Kier alpha value is -2.21. The third-order valence-electron chi connectivity index (χ3n) is 7.82. The fourth-order valence-corrected chi connectivity index (χ4v) is 5.37. The first kappa shape index (κ1) is 19.7. The van der Waals surface area contributed by atoms with E-state index in [1.165, 1.54) is 30.4 Å². The van der Waals surface area contributed by atoms with Crippen LogP contribution in [0.1, 0.15) is 83.7 Å². The highest BCUT2D eigenvalue weighted by Gasteiger charge is 2.47. The molecule has 30 heavy (non-hydrogen) atoms. The minimum Gasteiger partial charge on any atom is -0.339 e. The highest BCUT2D eigenvalue weighted by molar-refractivity contribution is 5.94. The summed E-state index contributed by atoms with van der Waals surface area (Å²) in [7, 11) is 2.17. The van der Waals surface area contributed by atoms with Gasteiger partial charge in [0.15, 0.2) is 5.82 Å². The first-order chi connectivity index (χ1) is 14.4. The predicted molar refractivity (Wildman–Crippen MR) is 114 cm³/mol. The molecule has 1 amide bonds. The van der Waals surface area contributed by atoms with E-state index in [9.17, 15) is 4.79 Å². The molecule has 0 N–H and O–H groups in total. The third kappa shape index (κ3) is 3.45. The molecule has 5 rings (SSSR count). The molecule has 1 atom stereocenters. The molecule has 2 aromatic rings. The van der Waals surface area contributed by atoms with Gasteiger partial charge in [-0.1, -0.05) is 17.6 Å². The van der Waals surface area contributed by atoms with Crippen LogP contribution >= 0.6 is 0 Å². The number of hydrogen-bond acceptors (Lipinski definition) is 5. The lowest BCUT2D eigenvalue weighted by atomic mass is 9.76. The molecule has 3 aliphatic rings. The number of likely N-dealkylation sites (tertiary alicyclic amines) is 2. The van der Waals surface area contributed by atoms with Gasteiger partial charge in [0.1, 0.15) is 0 Å². The summed E-state index contributed by atoms with van der Waals surface area (Å²) < 4.78 is 5.58. The highest BCUT2D eigenvalue weighted by Crippen LogP contribution is 2.48. The van der Waals surface area contributed by atoms with E-state index in [0.29, 0.717) is 5.92 Å². The number of nitrogens with zero attached hydrogens (tertiary/aromatic N) is 4. The number of aromatic nitrogens is 2. The van der Waals surface area contributed by atoms with Crippen LogP contribution in [-0.2, 0) is 0 Å². The molecule has 1 aromatic heterocycles. The molecular formula is C24H32N4O2. The molecule has 1 spiro atoms. The number of benzene rings is 1. The van der Waals surface area contributed by atoms with Crippen LogP contribution in [0.2, 0.25) is 0 Å². The topological polar surface area (TPSA) is 62.5 Å². The maximum Gasteiger partial charge on any atom is 0.253 e. The lowest BCUT2D eigenvalue weighted by molar-refractivity contribution is 0.0593. The lowest BCUT2D eigenvalue weighted by Crippen LogP contribution is -2.44. The van der Waals surface area contributed by atoms with Crippen molar-refractivity contribution in [2.24, 2.45) is 5.41 Å². The Labute approximate surface area is 178 Å². The number of carbonyl (C=O) groups is 1. The molecule has 6 nitrogen and oxygen atoms in total. The van der Waals surface area contributed by atoms with Gasteiger partial charge in [-0.25, -0.2) is 0 Å². The fraction of sp³-hybridized carbons (Fsp3) is 0.625. The second-order valence-electron chi connectivity index (χ2n) is 9.84. The van der Waals surface area contributed by atoms with Crippen molar-refractivity contribution in [2.45, 2.75) is 64.3 Å². The van der Waals surface area contributed by atoms with Gasteiger partial charge in [0.25, 0.3) is 5.91 Å². The molecule has 0 radical (unpaired) electrons.